The summed E-state index contributed by atoms with van der Waals surface area (Å²) in [6.07, 6.45) is 3.31. The van der Waals surface area contributed by atoms with Crippen LogP contribution in [0, 0.1) is 6.92 Å². The lowest BCUT2D eigenvalue weighted by molar-refractivity contribution is -0.144. The molecule has 5 heteroatoms. The van der Waals surface area contributed by atoms with E-state index >= 15 is 0 Å². The molecule has 0 saturated heterocycles. The predicted molar refractivity (Wildman–Crippen MR) is 53.9 cm³/mol. The number of aromatic nitrogens is 2. The third kappa shape index (κ3) is 2.03. The van der Waals surface area contributed by atoms with Gasteiger partial charge in [0.25, 0.3) is 0 Å². The lowest BCUT2D eigenvalue weighted by Crippen LogP contribution is -2.18. The van der Waals surface area contributed by atoms with Gasteiger partial charge in [0.1, 0.15) is 5.69 Å². The summed E-state index contributed by atoms with van der Waals surface area (Å²) in [4.78, 5) is 0. The third-order valence-corrected chi connectivity index (χ3v) is 2.42. The molecule has 0 saturated carbocycles. The van der Waals surface area contributed by atoms with Crippen molar-refractivity contribution in [1.29, 1.82) is 0 Å². The van der Waals surface area contributed by atoms with Crippen molar-refractivity contribution in [3.8, 4) is 0 Å². The lowest BCUT2D eigenvalue weighted by atomic mass is 10.1. The Hall–Kier alpha value is -1.52. The Labute approximate surface area is 91.1 Å². The van der Waals surface area contributed by atoms with Crippen molar-refractivity contribution in [2.45, 2.75) is 25.6 Å². The van der Waals surface area contributed by atoms with E-state index in [1.54, 1.807) is 19.1 Å². The highest BCUT2D eigenvalue weighted by Crippen LogP contribution is 2.33. The lowest BCUT2D eigenvalue weighted by Gasteiger charge is -2.18. The summed E-state index contributed by atoms with van der Waals surface area (Å²) in [5.74, 6) is 0. The fourth-order valence-electron chi connectivity index (χ4n) is 1.73. The molecule has 0 aliphatic heterocycles. The average molecular weight is 228 g/mol. The van der Waals surface area contributed by atoms with Crippen LogP contribution in [0.25, 0.3) is 0 Å². The largest absolute Gasteiger partial charge is 0.433 e. The number of nitrogens with zero attached hydrogens (tertiary/aromatic N) is 2. The van der Waals surface area contributed by atoms with E-state index in [-0.39, 0.29) is 6.04 Å². The van der Waals surface area contributed by atoms with E-state index < -0.39 is 11.9 Å². The number of hydrogen-bond donors (Lipinski definition) is 0. The number of allylic oxidation sites excluding steroid dienone is 4. The highest BCUT2D eigenvalue weighted by molar-refractivity contribution is 5.18. The second kappa shape index (κ2) is 3.81. The fraction of sp³-hybridized carbons (Fsp3) is 0.364. The Balaban J connectivity index is 2.40. The quantitative estimate of drug-likeness (QED) is 0.721. The van der Waals surface area contributed by atoms with Crippen LogP contribution in [0.2, 0.25) is 0 Å². The summed E-state index contributed by atoms with van der Waals surface area (Å²) in [5.41, 5.74) is -0.301. The molecule has 0 amide bonds. The van der Waals surface area contributed by atoms with Crippen LogP contribution in [0.1, 0.15) is 23.9 Å². The Morgan fingerprint density at radius 3 is 2.69 bits per heavy atom. The average Bonchev–Trinajstić information content (AvgIpc) is 2.61. The molecule has 1 unspecified atom stereocenters. The van der Waals surface area contributed by atoms with Crippen molar-refractivity contribution in [2.75, 3.05) is 0 Å². The summed E-state index contributed by atoms with van der Waals surface area (Å²) in [6, 6.07) is 0.738. The van der Waals surface area contributed by atoms with Crippen LogP contribution in [0.5, 0.6) is 0 Å². The van der Waals surface area contributed by atoms with Crippen LogP contribution in [-0.2, 0) is 6.18 Å². The number of rotatable bonds is 1. The molecular formula is C11H11F3N2. The van der Waals surface area contributed by atoms with Crippen LogP contribution >= 0.6 is 0 Å². The maximum atomic E-state index is 12.7. The molecule has 0 radical (unpaired) electrons. The van der Waals surface area contributed by atoms with E-state index in [2.05, 4.69) is 5.10 Å². The zero-order chi connectivity index (χ0) is 11.8. The standard InChI is InChI=1S/C11H11F3N2/c1-8-7-10(11(12,13)14)16(15-8)9-5-3-2-4-6-9/h2-5,7,9H,6H2,1H3. The molecule has 1 aliphatic carbocycles. The summed E-state index contributed by atoms with van der Waals surface area (Å²) >= 11 is 0. The molecule has 2 nitrogen and oxygen atoms in total. The van der Waals surface area contributed by atoms with E-state index in [1.807, 2.05) is 12.2 Å². The third-order valence-electron chi connectivity index (χ3n) is 2.42. The predicted octanol–water partition coefficient (Wildman–Crippen LogP) is 3.27. The van der Waals surface area contributed by atoms with Crippen molar-refractivity contribution in [3.05, 3.63) is 41.8 Å². The van der Waals surface area contributed by atoms with Crippen molar-refractivity contribution in [3.63, 3.8) is 0 Å². The first-order valence-corrected chi connectivity index (χ1v) is 4.95. The van der Waals surface area contributed by atoms with E-state index in [9.17, 15) is 13.2 Å². The van der Waals surface area contributed by atoms with Gasteiger partial charge in [-0.3, -0.25) is 4.68 Å². The molecule has 1 atom stereocenters. The summed E-state index contributed by atoms with van der Waals surface area (Å²) < 4.78 is 39.2. The maximum absolute atomic E-state index is 12.7. The van der Waals surface area contributed by atoms with E-state index in [4.69, 9.17) is 0 Å². The molecule has 0 spiro atoms. The molecule has 0 fully saturated rings. The molecule has 0 aromatic carbocycles. The van der Waals surface area contributed by atoms with Gasteiger partial charge in [-0.1, -0.05) is 24.3 Å². The molecular weight excluding hydrogens is 217 g/mol. The van der Waals surface area contributed by atoms with Crippen molar-refractivity contribution >= 4 is 0 Å². The zero-order valence-corrected chi connectivity index (χ0v) is 8.70. The van der Waals surface area contributed by atoms with Gasteiger partial charge in [-0.25, -0.2) is 0 Å². The smallest absolute Gasteiger partial charge is 0.253 e. The topological polar surface area (TPSA) is 17.8 Å². The van der Waals surface area contributed by atoms with Gasteiger partial charge in [0.05, 0.1) is 11.7 Å². The van der Waals surface area contributed by atoms with Crippen molar-refractivity contribution in [2.24, 2.45) is 0 Å². The van der Waals surface area contributed by atoms with Crippen molar-refractivity contribution < 1.29 is 13.2 Å². The Bertz CT molecular complexity index is 441. The molecule has 1 heterocycles. The number of hydrogen-bond acceptors (Lipinski definition) is 1. The summed E-state index contributed by atoms with van der Waals surface area (Å²) in [5, 5.41) is 3.91. The highest BCUT2D eigenvalue weighted by Gasteiger charge is 2.36. The molecule has 0 N–H and O–H groups in total. The molecule has 86 valence electrons. The first-order valence-electron chi connectivity index (χ1n) is 4.95. The van der Waals surface area contributed by atoms with Gasteiger partial charge in [-0.2, -0.15) is 18.3 Å². The molecule has 1 aromatic heterocycles. The highest BCUT2D eigenvalue weighted by atomic mass is 19.4. The van der Waals surface area contributed by atoms with E-state index in [0.717, 1.165) is 10.7 Å². The van der Waals surface area contributed by atoms with Crippen molar-refractivity contribution in [1.82, 2.24) is 9.78 Å². The van der Waals surface area contributed by atoms with Crippen LogP contribution in [0.15, 0.2) is 30.4 Å². The SMILES string of the molecule is Cc1cc(C(F)(F)F)n(C2C=CC=CC2)n1. The van der Waals surface area contributed by atoms with Gasteiger partial charge in [-0.15, -0.1) is 0 Å². The normalized spacial score (nSPS) is 20.4. The minimum Gasteiger partial charge on any atom is -0.253 e. The maximum Gasteiger partial charge on any atom is 0.433 e. The molecule has 1 aromatic rings. The fourth-order valence-corrected chi connectivity index (χ4v) is 1.73. The zero-order valence-electron chi connectivity index (χ0n) is 8.70. The molecule has 0 bridgehead atoms. The second-order valence-electron chi connectivity index (χ2n) is 3.73. The van der Waals surface area contributed by atoms with Crippen LogP contribution in [0.3, 0.4) is 0 Å². The van der Waals surface area contributed by atoms with Gasteiger partial charge in [0.2, 0.25) is 0 Å². The summed E-state index contributed by atoms with van der Waals surface area (Å²) in [6.45, 7) is 1.56. The molecule has 1 aliphatic rings. The minimum absolute atomic E-state index is 0.338. The van der Waals surface area contributed by atoms with Crippen LogP contribution in [-0.4, -0.2) is 9.78 Å². The van der Waals surface area contributed by atoms with Gasteiger partial charge in [0.15, 0.2) is 0 Å². The van der Waals surface area contributed by atoms with Gasteiger partial charge < -0.3 is 0 Å². The number of halogens is 3. The minimum atomic E-state index is -4.35. The molecule has 16 heavy (non-hydrogen) atoms. The Morgan fingerprint density at radius 2 is 2.12 bits per heavy atom. The number of aryl methyl sites for hydroxylation is 1. The number of alkyl halides is 3. The molecule has 2 rings (SSSR count). The van der Waals surface area contributed by atoms with Gasteiger partial charge in [-0.05, 0) is 19.4 Å². The summed E-state index contributed by atoms with van der Waals surface area (Å²) in [7, 11) is 0. The van der Waals surface area contributed by atoms with E-state index in [0.29, 0.717) is 12.1 Å². The second-order valence-corrected chi connectivity index (χ2v) is 3.73. The monoisotopic (exact) mass is 228 g/mol. The first-order chi connectivity index (χ1) is 7.48. The Kier molecular flexibility index (Phi) is 2.61. The first kappa shape index (κ1) is 11.0. The van der Waals surface area contributed by atoms with Gasteiger partial charge in [0, 0.05) is 0 Å². The van der Waals surface area contributed by atoms with Gasteiger partial charge >= 0.3 is 6.18 Å². The van der Waals surface area contributed by atoms with Crippen LogP contribution < -0.4 is 0 Å². The van der Waals surface area contributed by atoms with Crippen LogP contribution in [0.4, 0.5) is 13.2 Å². The Morgan fingerprint density at radius 1 is 1.38 bits per heavy atom. The van der Waals surface area contributed by atoms with E-state index in [1.165, 1.54) is 0 Å².